The van der Waals surface area contributed by atoms with Gasteiger partial charge in [-0.3, -0.25) is 4.79 Å². The van der Waals surface area contributed by atoms with E-state index in [1.165, 1.54) is 30.1 Å². The van der Waals surface area contributed by atoms with Crippen LogP contribution in [0.1, 0.15) is 11.1 Å². The van der Waals surface area contributed by atoms with Gasteiger partial charge in [0.15, 0.2) is 0 Å². The van der Waals surface area contributed by atoms with Gasteiger partial charge in [0.1, 0.15) is 10.8 Å². The van der Waals surface area contributed by atoms with Crippen molar-refractivity contribution in [1.82, 2.24) is 9.97 Å². The minimum Gasteiger partial charge on any atom is -0.376 e. The van der Waals surface area contributed by atoms with Crippen LogP contribution in [0, 0.1) is 0 Å². The molecule has 2 rings (SSSR count). The van der Waals surface area contributed by atoms with Crippen molar-refractivity contribution in [3.05, 3.63) is 35.4 Å². The Kier molecular flexibility index (Phi) is 6.45. The van der Waals surface area contributed by atoms with Crippen LogP contribution < -0.4 is 22.2 Å². The Balaban J connectivity index is 2.12. The van der Waals surface area contributed by atoms with E-state index in [2.05, 4.69) is 25.7 Å². The highest BCUT2D eigenvalue weighted by Gasteiger charge is 2.30. The number of carbonyl (C=O) groups excluding carboxylic acids is 1. The average molecular weight is 399 g/mol. The molecular formula is C15H16F3N7OS. The van der Waals surface area contributed by atoms with Crippen molar-refractivity contribution in [2.75, 3.05) is 29.2 Å². The molecule has 144 valence electrons. The van der Waals surface area contributed by atoms with Gasteiger partial charge in [-0.2, -0.15) is 23.3 Å². The lowest BCUT2D eigenvalue weighted by atomic mass is 10.2. The van der Waals surface area contributed by atoms with E-state index in [4.69, 9.17) is 11.6 Å². The number of nitrogens with zero attached hydrogens (tertiary/aromatic N) is 3. The summed E-state index contributed by atoms with van der Waals surface area (Å²) in [5.74, 6) is 4.64. The number of benzene rings is 1. The number of thioether (sulfide) groups is 1. The van der Waals surface area contributed by atoms with Crippen molar-refractivity contribution < 1.29 is 18.0 Å². The van der Waals surface area contributed by atoms with Crippen LogP contribution in [0.2, 0.25) is 0 Å². The third-order valence-corrected chi connectivity index (χ3v) is 3.92. The highest BCUT2D eigenvalue weighted by molar-refractivity contribution is 7.98. The van der Waals surface area contributed by atoms with Gasteiger partial charge in [0.05, 0.1) is 23.9 Å². The summed E-state index contributed by atoms with van der Waals surface area (Å²) in [6.45, 7) is -0.293. The number of nitrogen functional groups attached to an aromatic ring is 1. The molecule has 6 N–H and O–H groups in total. The van der Waals surface area contributed by atoms with E-state index in [1.807, 2.05) is 0 Å². The first-order chi connectivity index (χ1) is 12.7. The largest absolute Gasteiger partial charge is 0.416 e. The summed E-state index contributed by atoms with van der Waals surface area (Å²) in [5, 5.41) is 8.99. The SMILES string of the molecule is CSc1nc(N)nc(NC(=O)CNc2cccc(C(F)(F)F)c2)c1/C=N/N. The molecule has 0 aliphatic rings. The normalized spacial score (nSPS) is 11.6. The standard InChI is InChI=1S/C15H16F3N7OS/c1-27-13-10(6-22-20)12(24-14(19)25-13)23-11(26)7-21-9-4-2-3-8(5-9)15(16,17)18/h2-6,21H,7,20H2,1H3,(H3,19,23,24,25,26)/b22-6+. The molecular weight excluding hydrogens is 383 g/mol. The number of hydrazone groups is 1. The van der Waals surface area contributed by atoms with Gasteiger partial charge in [0, 0.05) is 5.69 Å². The highest BCUT2D eigenvalue weighted by Crippen LogP contribution is 2.30. The van der Waals surface area contributed by atoms with Crippen LogP contribution in [-0.4, -0.2) is 34.9 Å². The molecule has 1 aromatic heterocycles. The molecule has 1 heterocycles. The molecule has 8 nitrogen and oxygen atoms in total. The predicted molar refractivity (Wildman–Crippen MR) is 98.6 cm³/mol. The van der Waals surface area contributed by atoms with Crippen LogP contribution in [0.25, 0.3) is 0 Å². The molecule has 1 aromatic carbocycles. The molecule has 0 bridgehead atoms. The van der Waals surface area contributed by atoms with Gasteiger partial charge < -0.3 is 22.2 Å². The summed E-state index contributed by atoms with van der Waals surface area (Å²) in [6.07, 6.45) is -1.46. The number of anilines is 3. The molecule has 0 fully saturated rings. The number of halogens is 3. The number of amides is 1. The van der Waals surface area contributed by atoms with Crippen LogP contribution in [0.15, 0.2) is 34.4 Å². The molecule has 0 saturated heterocycles. The van der Waals surface area contributed by atoms with Gasteiger partial charge in [-0.05, 0) is 24.5 Å². The van der Waals surface area contributed by atoms with Crippen molar-refractivity contribution in [2.45, 2.75) is 11.2 Å². The molecule has 0 aliphatic heterocycles. The molecule has 0 atom stereocenters. The second-order valence-electron chi connectivity index (χ2n) is 5.11. The second-order valence-corrected chi connectivity index (χ2v) is 5.91. The van der Waals surface area contributed by atoms with Crippen molar-refractivity contribution in [3.8, 4) is 0 Å². The van der Waals surface area contributed by atoms with E-state index in [0.29, 0.717) is 10.6 Å². The molecule has 0 spiro atoms. The number of hydrogen-bond donors (Lipinski definition) is 4. The number of nitrogens with one attached hydrogen (secondary N) is 2. The zero-order chi connectivity index (χ0) is 20.0. The van der Waals surface area contributed by atoms with Gasteiger partial charge in [0.25, 0.3) is 0 Å². The molecule has 27 heavy (non-hydrogen) atoms. The Morgan fingerprint density at radius 1 is 1.37 bits per heavy atom. The Labute approximate surface area is 156 Å². The van der Waals surface area contributed by atoms with E-state index in [0.717, 1.165) is 12.1 Å². The van der Waals surface area contributed by atoms with Gasteiger partial charge in [-0.15, -0.1) is 11.8 Å². The number of hydrogen-bond acceptors (Lipinski definition) is 8. The first-order valence-electron chi connectivity index (χ1n) is 7.40. The molecule has 2 aromatic rings. The Hall–Kier alpha value is -3.02. The minimum atomic E-state index is -4.47. The van der Waals surface area contributed by atoms with E-state index in [1.54, 1.807) is 6.26 Å². The highest BCUT2D eigenvalue weighted by atomic mass is 32.2. The van der Waals surface area contributed by atoms with Crippen molar-refractivity contribution in [3.63, 3.8) is 0 Å². The maximum atomic E-state index is 12.7. The van der Waals surface area contributed by atoms with E-state index < -0.39 is 17.6 Å². The van der Waals surface area contributed by atoms with Crippen molar-refractivity contribution >= 4 is 41.3 Å². The minimum absolute atomic E-state index is 0.0605. The number of aromatic nitrogens is 2. The number of nitrogens with two attached hydrogens (primary N) is 2. The molecule has 12 heteroatoms. The molecule has 0 unspecified atom stereocenters. The Morgan fingerprint density at radius 3 is 2.74 bits per heavy atom. The summed E-state index contributed by atoms with van der Waals surface area (Å²) < 4.78 is 38.2. The van der Waals surface area contributed by atoms with Crippen LogP contribution in [0.4, 0.5) is 30.6 Å². The fourth-order valence-electron chi connectivity index (χ4n) is 2.07. The van der Waals surface area contributed by atoms with Crippen LogP contribution in [0.5, 0.6) is 0 Å². The van der Waals surface area contributed by atoms with E-state index in [-0.39, 0.29) is 24.0 Å². The second kappa shape index (κ2) is 8.58. The monoisotopic (exact) mass is 399 g/mol. The quantitative estimate of drug-likeness (QED) is 0.192. The average Bonchev–Trinajstić information content (AvgIpc) is 2.61. The predicted octanol–water partition coefficient (Wildman–Crippen LogP) is 2.14. The fourth-order valence-corrected chi connectivity index (χ4v) is 2.63. The van der Waals surface area contributed by atoms with Crippen LogP contribution in [0.3, 0.4) is 0 Å². The molecule has 0 radical (unpaired) electrons. The Bertz CT molecular complexity index is 858. The zero-order valence-electron chi connectivity index (χ0n) is 14.0. The third-order valence-electron chi connectivity index (χ3n) is 3.23. The lowest BCUT2D eigenvalue weighted by molar-refractivity contribution is -0.137. The van der Waals surface area contributed by atoms with Crippen molar-refractivity contribution in [1.29, 1.82) is 0 Å². The van der Waals surface area contributed by atoms with E-state index >= 15 is 0 Å². The zero-order valence-corrected chi connectivity index (χ0v) is 14.9. The first-order valence-corrected chi connectivity index (χ1v) is 8.62. The van der Waals surface area contributed by atoms with Gasteiger partial charge in [0.2, 0.25) is 11.9 Å². The summed E-state index contributed by atoms with van der Waals surface area (Å²) in [7, 11) is 0. The fraction of sp³-hybridized carbons (Fsp3) is 0.200. The summed E-state index contributed by atoms with van der Waals surface area (Å²) >= 11 is 1.25. The maximum absolute atomic E-state index is 12.7. The first kappa shape index (κ1) is 20.3. The topological polar surface area (TPSA) is 131 Å². The lowest BCUT2D eigenvalue weighted by Crippen LogP contribution is -2.24. The maximum Gasteiger partial charge on any atom is 0.416 e. The van der Waals surface area contributed by atoms with Crippen LogP contribution >= 0.6 is 11.8 Å². The molecule has 0 saturated carbocycles. The number of rotatable bonds is 6. The molecule has 1 amide bonds. The Morgan fingerprint density at radius 2 is 2.11 bits per heavy atom. The molecule has 0 aliphatic carbocycles. The lowest BCUT2D eigenvalue weighted by Gasteiger charge is -2.12. The number of alkyl halides is 3. The summed E-state index contributed by atoms with van der Waals surface area (Å²) in [4.78, 5) is 20.1. The summed E-state index contributed by atoms with van der Waals surface area (Å²) in [6, 6.07) is 4.52. The van der Waals surface area contributed by atoms with Crippen LogP contribution in [-0.2, 0) is 11.0 Å². The summed E-state index contributed by atoms with van der Waals surface area (Å²) in [5.41, 5.74) is 5.31. The van der Waals surface area contributed by atoms with Gasteiger partial charge >= 0.3 is 6.18 Å². The smallest absolute Gasteiger partial charge is 0.376 e. The van der Waals surface area contributed by atoms with Crippen molar-refractivity contribution in [2.24, 2.45) is 10.9 Å². The van der Waals surface area contributed by atoms with Gasteiger partial charge in [-0.1, -0.05) is 6.07 Å². The van der Waals surface area contributed by atoms with Gasteiger partial charge in [-0.25, -0.2) is 4.98 Å². The van der Waals surface area contributed by atoms with E-state index in [9.17, 15) is 18.0 Å². The number of carbonyl (C=O) groups is 1. The third kappa shape index (κ3) is 5.48.